The fourth-order valence-electron chi connectivity index (χ4n) is 4.11. The molecule has 0 heterocycles. The minimum absolute atomic E-state index is 0.114. The lowest BCUT2D eigenvalue weighted by molar-refractivity contribution is -0.140. The Balaban J connectivity index is 1.96. The van der Waals surface area contributed by atoms with Gasteiger partial charge in [0.2, 0.25) is 11.8 Å². The highest BCUT2D eigenvalue weighted by atomic mass is 16.5. The molecule has 7 heteroatoms. The van der Waals surface area contributed by atoms with Gasteiger partial charge in [-0.2, -0.15) is 0 Å². The van der Waals surface area contributed by atoms with Gasteiger partial charge in [-0.3, -0.25) is 9.59 Å². The lowest BCUT2D eigenvalue weighted by Crippen LogP contribution is -2.51. The molecule has 3 aromatic carbocycles. The van der Waals surface area contributed by atoms with Crippen molar-refractivity contribution in [1.29, 1.82) is 0 Å². The summed E-state index contributed by atoms with van der Waals surface area (Å²) in [6.07, 6.45) is 1.33. The number of nitrogens with one attached hydrogen (secondary N) is 1. The molecule has 1 unspecified atom stereocenters. The molecule has 1 atom stereocenters. The van der Waals surface area contributed by atoms with Crippen LogP contribution in [0.2, 0.25) is 0 Å². The fraction of sp³-hybridized carbons (Fsp3) is 0.333. The third kappa shape index (κ3) is 7.74. The van der Waals surface area contributed by atoms with Crippen molar-refractivity contribution in [2.24, 2.45) is 0 Å². The Morgan fingerprint density at radius 1 is 0.811 bits per heavy atom. The van der Waals surface area contributed by atoms with Crippen molar-refractivity contribution in [3.8, 4) is 17.2 Å². The van der Waals surface area contributed by atoms with E-state index in [0.29, 0.717) is 24.5 Å². The zero-order valence-electron chi connectivity index (χ0n) is 22.0. The molecule has 0 aromatic heterocycles. The van der Waals surface area contributed by atoms with Crippen LogP contribution in [0.25, 0.3) is 0 Å². The van der Waals surface area contributed by atoms with Gasteiger partial charge in [0, 0.05) is 19.5 Å². The van der Waals surface area contributed by atoms with E-state index in [1.54, 1.807) is 38.4 Å². The van der Waals surface area contributed by atoms with Crippen LogP contribution in [0, 0.1) is 0 Å². The van der Waals surface area contributed by atoms with E-state index < -0.39 is 6.04 Å². The molecule has 37 heavy (non-hydrogen) atoms. The average molecular weight is 505 g/mol. The average Bonchev–Trinajstić information content (AvgIpc) is 2.94. The summed E-state index contributed by atoms with van der Waals surface area (Å²) < 4.78 is 16.0. The number of nitrogens with zero attached hydrogens (tertiary/aromatic N) is 1. The first-order chi connectivity index (χ1) is 18.0. The molecule has 0 radical (unpaired) electrons. The molecule has 7 nitrogen and oxygen atoms in total. The number of ether oxygens (including phenoxy) is 3. The molecule has 2 amide bonds. The van der Waals surface area contributed by atoms with E-state index in [1.165, 1.54) is 0 Å². The van der Waals surface area contributed by atoms with Gasteiger partial charge in [-0.1, -0.05) is 55.5 Å². The monoisotopic (exact) mass is 504 g/mol. The van der Waals surface area contributed by atoms with Crippen molar-refractivity contribution >= 4 is 11.8 Å². The minimum Gasteiger partial charge on any atom is -0.497 e. The van der Waals surface area contributed by atoms with Crippen molar-refractivity contribution in [3.05, 3.63) is 89.5 Å². The number of carbonyl (C=O) groups is 2. The van der Waals surface area contributed by atoms with Crippen LogP contribution in [0.1, 0.15) is 30.0 Å². The SMILES string of the molecule is CCCNC(=O)C(Cc1ccccc1)N(Cc1ccc(OC)cc1)C(=O)Cc1ccc(OC)c(OC)c1. The van der Waals surface area contributed by atoms with E-state index in [2.05, 4.69) is 5.32 Å². The molecule has 0 aliphatic heterocycles. The molecule has 0 fully saturated rings. The summed E-state index contributed by atoms with van der Waals surface area (Å²) in [5.41, 5.74) is 2.66. The van der Waals surface area contributed by atoms with Crippen LogP contribution in [0.15, 0.2) is 72.8 Å². The minimum atomic E-state index is -0.677. The van der Waals surface area contributed by atoms with Crippen LogP contribution < -0.4 is 19.5 Å². The first kappa shape index (κ1) is 27.6. The van der Waals surface area contributed by atoms with Gasteiger partial charge in [0.15, 0.2) is 11.5 Å². The molecule has 3 rings (SSSR count). The standard InChI is InChI=1S/C30H36N2O5/c1-5-17-31-30(34)26(18-22-9-7-6-8-10-22)32(21-23-11-14-25(35-2)15-12-23)29(33)20-24-13-16-27(36-3)28(19-24)37-4/h6-16,19,26H,5,17-18,20-21H2,1-4H3,(H,31,34). The Morgan fingerprint density at radius 2 is 1.49 bits per heavy atom. The molecule has 0 spiro atoms. The van der Waals surface area contributed by atoms with Crippen molar-refractivity contribution in [2.45, 2.75) is 38.8 Å². The van der Waals surface area contributed by atoms with Gasteiger partial charge in [0.25, 0.3) is 0 Å². The van der Waals surface area contributed by atoms with Crippen molar-refractivity contribution in [1.82, 2.24) is 10.2 Å². The number of hydrogen-bond donors (Lipinski definition) is 1. The summed E-state index contributed by atoms with van der Waals surface area (Å²) in [6, 6.07) is 22.1. The molecule has 3 aromatic rings. The van der Waals surface area contributed by atoms with Crippen LogP contribution in [0.3, 0.4) is 0 Å². The van der Waals surface area contributed by atoms with Crippen molar-refractivity contribution in [3.63, 3.8) is 0 Å². The Labute approximate surface area is 219 Å². The van der Waals surface area contributed by atoms with E-state index in [9.17, 15) is 9.59 Å². The van der Waals surface area contributed by atoms with E-state index in [-0.39, 0.29) is 24.8 Å². The highest BCUT2D eigenvalue weighted by Gasteiger charge is 2.30. The quantitative estimate of drug-likeness (QED) is 0.373. The zero-order valence-corrected chi connectivity index (χ0v) is 22.0. The molecule has 0 saturated heterocycles. The van der Waals surface area contributed by atoms with Crippen LogP contribution in [-0.2, 0) is 29.0 Å². The number of carbonyl (C=O) groups excluding carboxylic acids is 2. The molecule has 0 bridgehead atoms. The second-order valence-corrected chi connectivity index (χ2v) is 8.73. The molecule has 196 valence electrons. The van der Waals surface area contributed by atoms with Gasteiger partial charge in [-0.25, -0.2) is 0 Å². The van der Waals surface area contributed by atoms with Gasteiger partial charge in [0.05, 0.1) is 27.8 Å². The number of methoxy groups -OCH3 is 3. The summed E-state index contributed by atoms with van der Waals surface area (Å²) in [6.45, 7) is 2.83. The van der Waals surface area contributed by atoms with Crippen molar-refractivity contribution in [2.75, 3.05) is 27.9 Å². The van der Waals surface area contributed by atoms with Gasteiger partial charge in [0.1, 0.15) is 11.8 Å². The van der Waals surface area contributed by atoms with Gasteiger partial charge in [-0.15, -0.1) is 0 Å². The fourth-order valence-corrected chi connectivity index (χ4v) is 4.11. The van der Waals surface area contributed by atoms with Gasteiger partial charge in [-0.05, 0) is 47.4 Å². The van der Waals surface area contributed by atoms with E-state index in [4.69, 9.17) is 14.2 Å². The Bertz CT molecular complexity index is 1150. The Hall–Kier alpha value is -4.00. The van der Waals surface area contributed by atoms with E-state index in [0.717, 1.165) is 28.9 Å². The molecular formula is C30H36N2O5. The molecular weight excluding hydrogens is 468 g/mol. The predicted molar refractivity (Wildman–Crippen MR) is 144 cm³/mol. The molecule has 0 aliphatic carbocycles. The van der Waals surface area contributed by atoms with Crippen LogP contribution in [0.5, 0.6) is 17.2 Å². The highest BCUT2D eigenvalue weighted by molar-refractivity contribution is 5.88. The summed E-state index contributed by atoms with van der Waals surface area (Å²) in [7, 11) is 4.75. The lowest BCUT2D eigenvalue weighted by atomic mass is 10.0. The second kappa shape index (κ2) is 13.9. The van der Waals surface area contributed by atoms with Crippen molar-refractivity contribution < 1.29 is 23.8 Å². The number of rotatable bonds is 13. The lowest BCUT2D eigenvalue weighted by Gasteiger charge is -2.32. The summed E-state index contributed by atoms with van der Waals surface area (Å²) in [5.74, 6) is 1.55. The number of benzene rings is 3. The van der Waals surface area contributed by atoms with E-state index in [1.807, 2.05) is 67.6 Å². The normalized spacial score (nSPS) is 11.4. The topological polar surface area (TPSA) is 77.1 Å². The summed E-state index contributed by atoms with van der Waals surface area (Å²) in [5, 5.41) is 3.00. The van der Waals surface area contributed by atoms with Crippen LogP contribution >= 0.6 is 0 Å². The van der Waals surface area contributed by atoms with E-state index >= 15 is 0 Å². The zero-order chi connectivity index (χ0) is 26.6. The maximum absolute atomic E-state index is 13.9. The van der Waals surface area contributed by atoms with Gasteiger partial charge >= 0.3 is 0 Å². The molecule has 0 saturated carbocycles. The third-order valence-corrected chi connectivity index (χ3v) is 6.14. The second-order valence-electron chi connectivity index (χ2n) is 8.73. The Kier molecular flexibility index (Phi) is 10.4. The first-order valence-electron chi connectivity index (χ1n) is 12.4. The highest BCUT2D eigenvalue weighted by Crippen LogP contribution is 2.28. The maximum atomic E-state index is 13.9. The Morgan fingerprint density at radius 3 is 2.11 bits per heavy atom. The molecule has 0 aliphatic rings. The number of amides is 2. The summed E-state index contributed by atoms with van der Waals surface area (Å²) in [4.78, 5) is 28.9. The first-order valence-corrected chi connectivity index (χ1v) is 12.4. The smallest absolute Gasteiger partial charge is 0.243 e. The van der Waals surface area contributed by atoms with Gasteiger partial charge < -0.3 is 24.4 Å². The number of hydrogen-bond acceptors (Lipinski definition) is 5. The third-order valence-electron chi connectivity index (χ3n) is 6.14. The van der Waals surface area contributed by atoms with Crippen LogP contribution in [0.4, 0.5) is 0 Å². The molecule has 1 N–H and O–H groups in total. The predicted octanol–water partition coefficient (Wildman–Crippen LogP) is 4.42. The van der Waals surface area contributed by atoms with Crippen LogP contribution in [-0.4, -0.2) is 50.6 Å². The largest absolute Gasteiger partial charge is 0.497 e. The maximum Gasteiger partial charge on any atom is 0.243 e. The summed E-state index contributed by atoms with van der Waals surface area (Å²) >= 11 is 0.